The van der Waals surface area contributed by atoms with Gasteiger partial charge in [0.1, 0.15) is 16.9 Å². The highest BCUT2D eigenvalue weighted by atomic mass is 32.1. The van der Waals surface area contributed by atoms with Crippen LogP contribution in [0.4, 0.5) is 11.8 Å². The van der Waals surface area contributed by atoms with Gasteiger partial charge in [0.25, 0.3) is 0 Å². The molecule has 2 aromatic heterocycles. The summed E-state index contributed by atoms with van der Waals surface area (Å²) in [6.07, 6.45) is 2.23. The average Bonchev–Trinajstić information content (AvgIpc) is 3.36. The summed E-state index contributed by atoms with van der Waals surface area (Å²) in [5.74, 6) is 0.712. The molecule has 10 heteroatoms. The van der Waals surface area contributed by atoms with E-state index < -0.39 is 18.2 Å². The molecule has 4 atom stereocenters. The Morgan fingerprint density at radius 1 is 1.06 bits per heavy atom. The number of fused-ring (bicyclic) bond motifs is 1. The number of thiazole rings is 1. The van der Waals surface area contributed by atoms with Crippen LogP contribution in [-0.2, 0) is 0 Å². The molecule has 1 saturated carbocycles. The van der Waals surface area contributed by atoms with Crippen LogP contribution in [0, 0.1) is 5.92 Å². The quantitative estimate of drug-likeness (QED) is 0.326. The number of rotatable bonds is 6. The summed E-state index contributed by atoms with van der Waals surface area (Å²) >= 11 is 1.56. The SMILES string of the molecule is OC[C@H]1C[C@@H](Nc2nc(NC3CCNCC3)ncc2-c2nc3ccccc3s2)[C@H](O)[C@@H]1O. The number of hydrogen-bond acceptors (Lipinski definition) is 10. The highest BCUT2D eigenvalue weighted by molar-refractivity contribution is 7.21. The third kappa shape index (κ3) is 4.28. The predicted molar refractivity (Wildman–Crippen MR) is 125 cm³/mol. The number of nitrogens with zero attached hydrogens (tertiary/aromatic N) is 3. The highest BCUT2D eigenvalue weighted by Gasteiger charge is 2.41. The molecule has 1 aliphatic heterocycles. The molecule has 3 aromatic rings. The van der Waals surface area contributed by atoms with Crippen molar-refractivity contribution in [2.24, 2.45) is 5.92 Å². The van der Waals surface area contributed by atoms with Gasteiger partial charge in [0, 0.05) is 24.8 Å². The van der Waals surface area contributed by atoms with Crippen LogP contribution in [0.5, 0.6) is 0 Å². The van der Waals surface area contributed by atoms with E-state index in [0.717, 1.165) is 46.7 Å². The van der Waals surface area contributed by atoms with Gasteiger partial charge in [0.15, 0.2) is 0 Å². The second kappa shape index (κ2) is 9.24. The molecule has 0 spiro atoms. The van der Waals surface area contributed by atoms with E-state index in [0.29, 0.717) is 24.2 Å². The molecule has 5 rings (SSSR count). The van der Waals surface area contributed by atoms with Crippen molar-refractivity contribution in [3.05, 3.63) is 30.5 Å². The van der Waals surface area contributed by atoms with Gasteiger partial charge in [-0.1, -0.05) is 12.1 Å². The Balaban J connectivity index is 1.47. The predicted octanol–water partition coefficient (Wildman–Crippen LogP) is 1.43. The molecule has 0 unspecified atom stereocenters. The van der Waals surface area contributed by atoms with Gasteiger partial charge in [-0.2, -0.15) is 4.98 Å². The lowest BCUT2D eigenvalue weighted by Gasteiger charge is -2.24. The van der Waals surface area contributed by atoms with Crippen LogP contribution in [0.2, 0.25) is 0 Å². The number of piperidine rings is 1. The molecular weight excluding hydrogens is 428 g/mol. The summed E-state index contributed by atoms with van der Waals surface area (Å²) in [6.45, 7) is 1.75. The van der Waals surface area contributed by atoms with Crippen molar-refractivity contribution in [3.63, 3.8) is 0 Å². The Kier molecular flexibility index (Phi) is 6.20. The van der Waals surface area contributed by atoms with Crippen LogP contribution in [0.3, 0.4) is 0 Å². The van der Waals surface area contributed by atoms with Crippen molar-refractivity contribution in [2.45, 2.75) is 43.6 Å². The first-order chi connectivity index (χ1) is 15.6. The maximum atomic E-state index is 10.5. The average molecular weight is 457 g/mol. The third-order valence-electron chi connectivity index (χ3n) is 6.34. The molecule has 2 fully saturated rings. The minimum atomic E-state index is -0.994. The zero-order valence-electron chi connectivity index (χ0n) is 17.6. The number of nitrogens with one attached hydrogen (secondary N) is 3. The number of benzene rings is 1. The maximum Gasteiger partial charge on any atom is 0.224 e. The molecule has 2 aliphatic rings. The number of anilines is 2. The van der Waals surface area contributed by atoms with E-state index in [1.807, 2.05) is 24.3 Å². The minimum absolute atomic E-state index is 0.173. The van der Waals surface area contributed by atoms with Crippen molar-refractivity contribution >= 4 is 33.3 Å². The van der Waals surface area contributed by atoms with Crippen LogP contribution in [0.15, 0.2) is 30.5 Å². The van der Waals surface area contributed by atoms with Crippen LogP contribution in [0.25, 0.3) is 20.8 Å². The van der Waals surface area contributed by atoms with Crippen molar-refractivity contribution in [2.75, 3.05) is 30.3 Å². The van der Waals surface area contributed by atoms with Crippen LogP contribution < -0.4 is 16.0 Å². The fourth-order valence-electron chi connectivity index (χ4n) is 4.48. The van der Waals surface area contributed by atoms with Crippen LogP contribution in [0.1, 0.15) is 19.3 Å². The summed E-state index contributed by atoms with van der Waals surface area (Å²) < 4.78 is 1.07. The van der Waals surface area contributed by atoms with E-state index in [4.69, 9.17) is 9.97 Å². The molecule has 0 bridgehead atoms. The van der Waals surface area contributed by atoms with Gasteiger partial charge in [0.2, 0.25) is 5.95 Å². The van der Waals surface area contributed by atoms with Crippen molar-refractivity contribution in [1.29, 1.82) is 0 Å². The smallest absolute Gasteiger partial charge is 0.224 e. The fraction of sp³-hybridized carbons (Fsp3) is 0.500. The first kappa shape index (κ1) is 21.5. The van der Waals surface area contributed by atoms with Gasteiger partial charge >= 0.3 is 0 Å². The molecular formula is C22H28N6O3S. The van der Waals surface area contributed by atoms with Crippen molar-refractivity contribution < 1.29 is 15.3 Å². The molecule has 1 aromatic carbocycles. The van der Waals surface area contributed by atoms with E-state index in [2.05, 4.69) is 20.9 Å². The Morgan fingerprint density at radius 3 is 2.62 bits per heavy atom. The van der Waals surface area contributed by atoms with E-state index >= 15 is 0 Å². The number of aliphatic hydroxyl groups is 3. The zero-order chi connectivity index (χ0) is 22.1. The molecule has 170 valence electrons. The second-order valence-corrected chi connectivity index (χ2v) is 9.55. The number of aromatic nitrogens is 3. The largest absolute Gasteiger partial charge is 0.396 e. The summed E-state index contributed by atoms with van der Waals surface area (Å²) in [5, 5.41) is 41.2. The monoisotopic (exact) mass is 456 g/mol. The normalized spacial score (nSPS) is 26.5. The lowest BCUT2D eigenvalue weighted by molar-refractivity contribution is 0.00446. The van der Waals surface area contributed by atoms with E-state index in [9.17, 15) is 15.3 Å². The third-order valence-corrected chi connectivity index (χ3v) is 7.41. The number of hydrogen-bond donors (Lipinski definition) is 6. The van der Waals surface area contributed by atoms with Gasteiger partial charge < -0.3 is 31.3 Å². The van der Waals surface area contributed by atoms with Crippen molar-refractivity contribution in [1.82, 2.24) is 20.3 Å². The Bertz CT molecular complexity index is 1040. The van der Waals surface area contributed by atoms with Gasteiger partial charge in [0.05, 0.1) is 27.9 Å². The van der Waals surface area contributed by atoms with E-state index in [1.165, 1.54) is 0 Å². The molecule has 6 N–H and O–H groups in total. The molecule has 3 heterocycles. The highest BCUT2D eigenvalue weighted by Crippen LogP contribution is 2.36. The first-order valence-corrected chi connectivity index (χ1v) is 11.9. The molecule has 32 heavy (non-hydrogen) atoms. The zero-order valence-corrected chi connectivity index (χ0v) is 18.4. The lowest BCUT2D eigenvalue weighted by atomic mass is 10.1. The molecule has 1 saturated heterocycles. The molecule has 1 aliphatic carbocycles. The van der Waals surface area contributed by atoms with Gasteiger partial charge in [-0.15, -0.1) is 11.3 Å². The Labute approximate surface area is 190 Å². The summed E-state index contributed by atoms with van der Waals surface area (Å²) in [7, 11) is 0. The van der Waals surface area contributed by atoms with Crippen LogP contribution >= 0.6 is 11.3 Å². The number of aliphatic hydroxyl groups excluding tert-OH is 3. The van der Waals surface area contributed by atoms with E-state index in [1.54, 1.807) is 17.5 Å². The standard InChI is InChI=1S/C22H28N6O3S/c29-11-12-9-16(19(31)18(12)30)26-20-14(21-27-15-3-1-2-4-17(15)32-21)10-24-22(28-20)25-13-5-7-23-8-6-13/h1-4,10,12-13,16,18-19,23,29-31H,5-9,11H2,(H2,24,25,26,28)/t12-,16-,18-,19+/m1/s1. The van der Waals surface area contributed by atoms with Crippen LogP contribution in [-0.4, -0.2) is 74.3 Å². The van der Waals surface area contributed by atoms with Gasteiger partial charge in [-0.05, 0) is 44.5 Å². The molecule has 9 nitrogen and oxygen atoms in total. The second-order valence-electron chi connectivity index (χ2n) is 8.52. The fourth-order valence-corrected chi connectivity index (χ4v) is 5.45. The maximum absolute atomic E-state index is 10.5. The van der Waals surface area contributed by atoms with E-state index in [-0.39, 0.29) is 12.5 Å². The van der Waals surface area contributed by atoms with Gasteiger partial charge in [-0.25, -0.2) is 9.97 Å². The summed E-state index contributed by atoms with van der Waals surface area (Å²) in [5.41, 5.74) is 1.66. The van der Waals surface area contributed by atoms with Crippen molar-refractivity contribution in [3.8, 4) is 10.6 Å². The lowest BCUT2D eigenvalue weighted by Crippen LogP contribution is -2.36. The number of para-hydroxylation sites is 1. The molecule has 0 amide bonds. The van der Waals surface area contributed by atoms with Gasteiger partial charge in [-0.3, -0.25) is 0 Å². The first-order valence-electron chi connectivity index (χ1n) is 11.1. The summed E-state index contributed by atoms with van der Waals surface area (Å²) in [6, 6.07) is 7.81. The topological polar surface area (TPSA) is 135 Å². The molecule has 0 radical (unpaired) electrons. The Morgan fingerprint density at radius 2 is 1.88 bits per heavy atom. The minimum Gasteiger partial charge on any atom is -0.396 e. The summed E-state index contributed by atoms with van der Waals surface area (Å²) in [4.78, 5) is 14.0. The Hall–Kier alpha value is -2.37.